The minimum atomic E-state index is -0.650. The van der Waals surface area contributed by atoms with Crippen LogP contribution in [0.5, 0.6) is 0 Å². The van der Waals surface area contributed by atoms with Crippen molar-refractivity contribution in [3.8, 4) is 0 Å². The predicted molar refractivity (Wildman–Crippen MR) is 69.4 cm³/mol. The zero-order chi connectivity index (χ0) is 12.3. The van der Waals surface area contributed by atoms with Crippen molar-refractivity contribution in [1.82, 2.24) is 10.2 Å². The number of nitrogens with one attached hydrogen (secondary N) is 1. The van der Waals surface area contributed by atoms with Gasteiger partial charge in [-0.2, -0.15) is 0 Å². The van der Waals surface area contributed by atoms with Crippen molar-refractivity contribution in [2.75, 3.05) is 24.6 Å². The van der Waals surface area contributed by atoms with Gasteiger partial charge in [-0.15, -0.1) is 0 Å². The standard InChI is InChI=1S/C12H22N2O2S/c1-10-2-6-14(7-3-10)12(15)13-11-4-8-17(16)9-5-11/h10-11H,2-9H2,1H3,(H,13,15). The third kappa shape index (κ3) is 3.69. The van der Waals surface area contributed by atoms with E-state index in [-0.39, 0.29) is 12.1 Å². The monoisotopic (exact) mass is 258 g/mol. The third-order valence-electron chi connectivity index (χ3n) is 3.79. The molecule has 4 nitrogen and oxygen atoms in total. The molecule has 2 saturated heterocycles. The highest BCUT2D eigenvalue weighted by molar-refractivity contribution is 7.85. The minimum absolute atomic E-state index is 0.0783. The van der Waals surface area contributed by atoms with Crippen LogP contribution < -0.4 is 5.32 Å². The second kappa shape index (κ2) is 5.85. The molecule has 0 bridgehead atoms. The van der Waals surface area contributed by atoms with Crippen molar-refractivity contribution in [3.05, 3.63) is 0 Å². The molecule has 1 N–H and O–H groups in total. The molecule has 0 spiro atoms. The fourth-order valence-electron chi connectivity index (χ4n) is 2.42. The molecule has 2 rings (SSSR count). The normalized spacial score (nSPS) is 31.2. The first-order chi connectivity index (χ1) is 8.15. The van der Waals surface area contributed by atoms with Crippen molar-refractivity contribution >= 4 is 16.8 Å². The maximum absolute atomic E-state index is 12.0. The van der Waals surface area contributed by atoms with Crippen LogP contribution in [-0.2, 0) is 10.8 Å². The molecule has 2 aliphatic heterocycles. The van der Waals surface area contributed by atoms with E-state index in [1.54, 1.807) is 0 Å². The summed E-state index contributed by atoms with van der Waals surface area (Å²) in [5.41, 5.74) is 0. The highest BCUT2D eigenvalue weighted by Crippen LogP contribution is 2.16. The van der Waals surface area contributed by atoms with Gasteiger partial charge < -0.3 is 10.2 Å². The first-order valence-corrected chi connectivity index (χ1v) is 8.04. The van der Waals surface area contributed by atoms with E-state index in [4.69, 9.17) is 0 Å². The number of rotatable bonds is 1. The number of urea groups is 1. The molecule has 5 heteroatoms. The van der Waals surface area contributed by atoms with Crippen LogP contribution in [0.1, 0.15) is 32.6 Å². The number of carbonyl (C=O) groups is 1. The summed E-state index contributed by atoms with van der Waals surface area (Å²) in [5, 5.41) is 3.08. The molecule has 0 unspecified atom stereocenters. The van der Waals surface area contributed by atoms with Gasteiger partial charge >= 0.3 is 6.03 Å². The quantitative estimate of drug-likeness (QED) is 0.771. The molecule has 0 aliphatic carbocycles. The Kier molecular flexibility index (Phi) is 4.42. The van der Waals surface area contributed by atoms with Gasteiger partial charge in [-0.3, -0.25) is 4.21 Å². The van der Waals surface area contributed by atoms with Crippen LogP contribution in [0.15, 0.2) is 0 Å². The Labute approximate surface area is 106 Å². The first-order valence-electron chi connectivity index (χ1n) is 6.55. The molecule has 98 valence electrons. The predicted octanol–water partition coefficient (Wildman–Crippen LogP) is 1.34. The second-order valence-electron chi connectivity index (χ2n) is 5.24. The van der Waals surface area contributed by atoms with E-state index in [9.17, 15) is 9.00 Å². The summed E-state index contributed by atoms with van der Waals surface area (Å²) in [5.74, 6) is 2.22. The summed E-state index contributed by atoms with van der Waals surface area (Å²) < 4.78 is 11.2. The lowest BCUT2D eigenvalue weighted by molar-refractivity contribution is 0.170. The SMILES string of the molecule is CC1CCN(C(=O)NC2CCS(=O)CC2)CC1. The average Bonchev–Trinajstić information content (AvgIpc) is 2.33. The van der Waals surface area contributed by atoms with E-state index in [2.05, 4.69) is 12.2 Å². The van der Waals surface area contributed by atoms with Gasteiger partial charge in [0.1, 0.15) is 0 Å². The summed E-state index contributed by atoms with van der Waals surface area (Å²) in [6, 6.07) is 0.314. The lowest BCUT2D eigenvalue weighted by Crippen LogP contribution is -2.49. The fourth-order valence-corrected chi connectivity index (χ4v) is 3.71. The van der Waals surface area contributed by atoms with E-state index in [1.165, 1.54) is 0 Å². The molecular weight excluding hydrogens is 236 g/mol. The summed E-state index contributed by atoms with van der Waals surface area (Å²) >= 11 is 0. The van der Waals surface area contributed by atoms with E-state index < -0.39 is 10.8 Å². The Bertz CT molecular complexity index is 291. The topological polar surface area (TPSA) is 49.4 Å². The van der Waals surface area contributed by atoms with Crippen LogP contribution >= 0.6 is 0 Å². The molecular formula is C12H22N2O2S. The second-order valence-corrected chi connectivity index (χ2v) is 6.94. The van der Waals surface area contributed by atoms with Crippen LogP contribution in [0.4, 0.5) is 4.79 Å². The van der Waals surface area contributed by atoms with Gasteiger partial charge in [0.2, 0.25) is 0 Å². The van der Waals surface area contributed by atoms with Crippen LogP contribution in [0, 0.1) is 5.92 Å². The summed E-state index contributed by atoms with van der Waals surface area (Å²) in [4.78, 5) is 13.9. The number of likely N-dealkylation sites (tertiary alicyclic amines) is 1. The Morgan fingerprint density at radius 3 is 2.35 bits per heavy atom. The van der Waals surface area contributed by atoms with Gasteiger partial charge in [-0.1, -0.05) is 6.92 Å². The zero-order valence-electron chi connectivity index (χ0n) is 10.5. The molecule has 0 radical (unpaired) electrons. The van der Waals surface area contributed by atoms with Crippen molar-refractivity contribution in [2.45, 2.75) is 38.6 Å². The molecule has 0 aromatic heterocycles. The number of hydrogen-bond acceptors (Lipinski definition) is 2. The molecule has 2 amide bonds. The van der Waals surface area contributed by atoms with Crippen molar-refractivity contribution in [3.63, 3.8) is 0 Å². The zero-order valence-corrected chi connectivity index (χ0v) is 11.3. The number of hydrogen-bond donors (Lipinski definition) is 1. The van der Waals surface area contributed by atoms with Gasteiger partial charge in [0.15, 0.2) is 0 Å². The van der Waals surface area contributed by atoms with E-state index >= 15 is 0 Å². The van der Waals surface area contributed by atoms with Gasteiger partial charge in [-0.25, -0.2) is 4.79 Å². The number of amides is 2. The largest absolute Gasteiger partial charge is 0.335 e. The molecule has 2 heterocycles. The molecule has 2 aliphatic rings. The summed E-state index contributed by atoms with van der Waals surface area (Å²) in [6.07, 6.45) is 3.95. The number of nitrogens with zero attached hydrogens (tertiary/aromatic N) is 1. The first kappa shape index (κ1) is 12.9. The van der Waals surface area contributed by atoms with E-state index in [0.29, 0.717) is 0 Å². The Balaban J connectivity index is 1.75. The number of piperidine rings is 1. The van der Waals surface area contributed by atoms with Crippen LogP contribution in [0.2, 0.25) is 0 Å². The Hall–Kier alpha value is -0.580. The lowest BCUT2D eigenvalue weighted by atomic mass is 9.99. The van der Waals surface area contributed by atoms with Gasteiger partial charge in [0.25, 0.3) is 0 Å². The molecule has 0 saturated carbocycles. The molecule has 0 aromatic carbocycles. The fraction of sp³-hybridized carbons (Fsp3) is 0.917. The highest BCUT2D eigenvalue weighted by atomic mass is 32.2. The molecule has 0 aromatic rings. The minimum Gasteiger partial charge on any atom is -0.335 e. The van der Waals surface area contributed by atoms with Crippen LogP contribution in [0.25, 0.3) is 0 Å². The highest BCUT2D eigenvalue weighted by Gasteiger charge is 2.24. The Morgan fingerprint density at radius 2 is 1.76 bits per heavy atom. The van der Waals surface area contributed by atoms with E-state index in [0.717, 1.165) is 56.2 Å². The lowest BCUT2D eigenvalue weighted by Gasteiger charge is -2.32. The van der Waals surface area contributed by atoms with E-state index in [1.807, 2.05) is 4.90 Å². The smallest absolute Gasteiger partial charge is 0.317 e. The number of carbonyl (C=O) groups excluding carboxylic acids is 1. The van der Waals surface area contributed by atoms with Gasteiger partial charge in [0.05, 0.1) is 0 Å². The molecule has 2 fully saturated rings. The molecule has 0 atom stereocenters. The molecule has 17 heavy (non-hydrogen) atoms. The van der Waals surface area contributed by atoms with Crippen molar-refractivity contribution in [2.24, 2.45) is 5.92 Å². The summed E-state index contributed by atoms with van der Waals surface area (Å²) in [7, 11) is -0.650. The average molecular weight is 258 g/mol. The Morgan fingerprint density at radius 1 is 1.18 bits per heavy atom. The maximum atomic E-state index is 12.0. The van der Waals surface area contributed by atoms with Crippen LogP contribution in [-0.4, -0.2) is 45.8 Å². The van der Waals surface area contributed by atoms with Gasteiger partial charge in [0, 0.05) is 41.4 Å². The van der Waals surface area contributed by atoms with Crippen LogP contribution in [0.3, 0.4) is 0 Å². The van der Waals surface area contributed by atoms with Gasteiger partial charge in [-0.05, 0) is 31.6 Å². The maximum Gasteiger partial charge on any atom is 0.317 e. The summed E-state index contributed by atoms with van der Waals surface area (Å²) in [6.45, 7) is 4.00. The third-order valence-corrected chi connectivity index (χ3v) is 5.17. The van der Waals surface area contributed by atoms with Crippen molar-refractivity contribution < 1.29 is 9.00 Å². The van der Waals surface area contributed by atoms with Crippen molar-refractivity contribution in [1.29, 1.82) is 0 Å².